The Morgan fingerprint density at radius 3 is 2.74 bits per heavy atom. The molecule has 0 aliphatic heterocycles. The predicted octanol–water partition coefficient (Wildman–Crippen LogP) is 2.80. The first-order chi connectivity index (χ1) is 12.9. The van der Waals surface area contributed by atoms with E-state index in [-0.39, 0.29) is 17.5 Å². The smallest absolute Gasteiger partial charge is 0.256 e. The van der Waals surface area contributed by atoms with E-state index in [1.54, 1.807) is 25.5 Å². The second-order valence-corrected chi connectivity index (χ2v) is 7.29. The van der Waals surface area contributed by atoms with Crippen LogP contribution in [-0.4, -0.2) is 38.4 Å². The molecule has 0 saturated heterocycles. The zero-order valence-corrected chi connectivity index (χ0v) is 15.9. The summed E-state index contributed by atoms with van der Waals surface area (Å²) in [6.07, 6.45) is 8.51. The molecule has 1 fully saturated rings. The number of nitrogens with one attached hydrogen (secondary N) is 1. The first-order valence-electron chi connectivity index (χ1n) is 8.95. The Kier molecular flexibility index (Phi) is 4.05. The van der Waals surface area contributed by atoms with E-state index in [9.17, 15) is 4.79 Å². The molecule has 1 unspecified atom stereocenters. The number of rotatable bonds is 5. The number of hydrogen-bond donors (Lipinski definition) is 1. The van der Waals surface area contributed by atoms with E-state index in [2.05, 4.69) is 37.1 Å². The van der Waals surface area contributed by atoms with Crippen LogP contribution in [0.2, 0.25) is 0 Å². The lowest BCUT2D eigenvalue weighted by molar-refractivity contribution is 0.0939. The van der Waals surface area contributed by atoms with Crippen molar-refractivity contribution in [2.45, 2.75) is 45.2 Å². The summed E-state index contributed by atoms with van der Waals surface area (Å²) < 4.78 is 5.76. The number of fused-ring (bicyclic) bond motifs is 1. The van der Waals surface area contributed by atoms with Crippen molar-refractivity contribution in [1.82, 2.24) is 25.3 Å². The van der Waals surface area contributed by atoms with Gasteiger partial charge in [-0.1, -0.05) is 0 Å². The predicted molar refractivity (Wildman–Crippen MR) is 100 cm³/mol. The topological polar surface area (TPSA) is 97.0 Å². The number of hydrogen-bond acceptors (Lipinski definition) is 7. The lowest BCUT2D eigenvalue weighted by atomic mass is 10.1. The van der Waals surface area contributed by atoms with E-state index in [1.807, 2.05) is 14.0 Å². The summed E-state index contributed by atoms with van der Waals surface area (Å²) in [6.45, 7) is 5.82. The molecule has 0 aromatic carbocycles. The van der Waals surface area contributed by atoms with Gasteiger partial charge in [0.2, 0.25) is 5.71 Å². The van der Waals surface area contributed by atoms with E-state index in [0.29, 0.717) is 33.9 Å². The van der Waals surface area contributed by atoms with Gasteiger partial charge >= 0.3 is 0 Å². The Balaban J connectivity index is 1.73. The van der Waals surface area contributed by atoms with Gasteiger partial charge in [0.15, 0.2) is 0 Å². The van der Waals surface area contributed by atoms with Gasteiger partial charge in [-0.15, -0.1) is 0 Å². The minimum Gasteiger partial charge on any atom is -0.442 e. The summed E-state index contributed by atoms with van der Waals surface area (Å²) in [4.78, 5) is 32.2. The molecule has 1 N–H and O–H groups in total. The maximum Gasteiger partial charge on any atom is 0.256 e. The maximum atomic E-state index is 13.1. The third-order valence-electron chi connectivity index (χ3n) is 5.35. The number of anilines is 1. The van der Waals surface area contributed by atoms with Crippen molar-refractivity contribution in [3.8, 4) is 0 Å². The van der Waals surface area contributed by atoms with Crippen molar-refractivity contribution >= 4 is 22.8 Å². The van der Waals surface area contributed by atoms with Gasteiger partial charge in [0.1, 0.15) is 17.9 Å². The molecule has 0 spiro atoms. The van der Waals surface area contributed by atoms with Gasteiger partial charge in [-0.25, -0.2) is 9.97 Å². The molecule has 1 aliphatic rings. The Labute approximate surface area is 157 Å². The number of furan rings is 1. The Bertz CT molecular complexity index is 996. The van der Waals surface area contributed by atoms with Crippen LogP contribution >= 0.6 is 0 Å². The fraction of sp³-hybridized carbons (Fsp3) is 0.421. The molecule has 3 aromatic heterocycles. The Morgan fingerprint density at radius 2 is 2.07 bits per heavy atom. The molecule has 1 amide bonds. The van der Waals surface area contributed by atoms with Gasteiger partial charge < -0.3 is 14.6 Å². The first kappa shape index (κ1) is 17.4. The molecule has 27 heavy (non-hydrogen) atoms. The number of amides is 1. The molecule has 1 saturated carbocycles. The van der Waals surface area contributed by atoms with Crippen molar-refractivity contribution in [1.29, 1.82) is 0 Å². The molecular formula is C19H22N6O2. The number of nitrogens with zero attached hydrogens (tertiary/aromatic N) is 5. The fourth-order valence-corrected chi connectivity index (χ4v) is 3.21. The summed E-state index contributed by atoms with van der Waals surface area (Å²) in [5, 5.41) is 3.62. The molecule has 3 heterocycles. The number of aromatic nitrogens is 4. The number of carbonyl (C=O) groups is 1. The van der Waals surface area contributed by atoms with Crippen LogP contribution < -0.4 is 10.2 Å². The van der Waals surface area contributed by atoms with Gasteiger partial charge in [-0.05, 0) is 33.6 Å². The van der Waals surface area contributed by atoms with Gasteiger partial charge in [-0.2, -0.15) is 0 Å². The van der Waals surface area contributed by atoms with Crippen LogP contribution in [-0.2, 0) is 0 Å². The summed E-state index contributed by atoms with van der Waals surface area (Å²) in [5.41, 5.74) is 1.64. The minimum atomic E-state index is -0.290. The molecule has 4 rings (SSSR count). The highest BCUT2D eigenvalue weighted by atomic mass is 16.3. The van der Waals surface area contributed by atoms with E-state index >= 15 is 0 Å². The van der Waals surface area contributed by atoms with Crippen molar-refractivity contribution in [3.05, 3.63) is 41.9 Å². The lowest BCUT2D eigenvalue weighted by Crippen LogP contribution is -2.32. The van der Waals surface area contributed by atoms with E-state index in [1.165, 1.54) is 6.33 Å². The van der Waals surface area contributed by atoms with Crippen LogP contribution in [0.25, 0.3) is 11.1 Å². The van der Waals surface area contributed by atoms with Crippen molar-refractivity contribution in [3.63, 3.8) is 0 Å². The molecule has 8 nitrogen and oxygen atoms in total. The van der Waals surface area contributed by atoms with E-state index < -0.39 is 0 Å². The average molecular weight is 366 g/mol. The van der Waals surface area contributed by atoms with Gasteiger partial charge in [-0.3, -0.25) is 14.8 Å². The van der Waals surface area contributed by atoms with Crippen LogP contribution in [0.4, 0.5) is 5.82 Å². The van der Waals surface area contributed by atoms with Crippen LogP contribution in [0.3, 0.4) is 0 Å². The molecule has 8 heteroatoms. The number of aryl methyl sites for hydroxylation is 1. The third kappa shape index (κ3) is 3.01. The molecule has 1 aliphatic carbocycles. The maximum absolute atomic E-state index is 13.1. The summed E-state index contributed by atoms with van der Waals surface area (Å²) in [6, 6.07) is -0.290. The Hall–Kier alpha value is -3.03. The van der Waals surface area contributed by atoms with Crippen LogP contribution in [0.1, 0.15) is 54.5 Å². The molecular weight excluding hydrogens is 344 g/mol. The SMILES string of the molecule is Cc1oc2ncnc(N(C)C3(C)CC3)c2c1C(=O)NC(C)c1cnccn1. The van der Waals surface area contributed by atoms with Crippen molar-refractivity contribution < 1.29 is 9.21 Å². The minimum absolute atomic E-state index is 0.0626. The van der Waals surface area contributed by atoms with E-state index in [4.69, 9.17) is 4.42 Å². The average Bonchev–Trinajstić information content (AvgIpc) is 3.32. The highest BCUT2D eigenvalue weighted by molar-refractivity contribution is 6.10. The summed E-state index contributed by atoms with van der Waals surface area (Å²) in [7, 11) is 2.00. The molecule has 3 aromatic rings. The second-order valence-electron chi connectivity index (χ2n) is 7.29. The summed E-state index contributed by atoms with van der Waals surface area (Å²) >= 11 is 0. The second kappa shape index (κ2) is 6.29. The van der Waals surface area contributed by atoms with Crippen LogP contribution in [0.5, 0.6) is 0 Å². The van der Waals surface area contributed by atoms with Crippen LogP contribution in [0.15, 0.2) is 29.3 Å². The summed E-state index contributed by atoms with van der Waals surface area (Å²) in [5.74, 6) is 0.994. The lowest BCUT2D eigenvalue weighted by Gasteiger charge is -2.26. The monoisotopic (exact) mass is 366 g/mol. The molecule has 0 bridgehead atoms. The quantitative estimate of drug-likeness (QED) is 0.741. The fourth-order valence-electron chi connectivity index (χ4n) is 3.21. The zero-order valence-electron chi connectivity index (χ0n) is 15.9. The van der Waals surface area contributed by atoms with Gasteiger partial charge in [0.25, 0.3) is 5.91 Å². The largest absolute Gasteiger partial charge is 0.442 e. The standard InChI is InChI=1S/C19H22N6O2/c1-11(13-9-20-7-8-21-13)24-17(26)14-12(2)27-18-15(14)16(22-10-23-18)25(4)19(3)5-6-19/h7-11H,5-6H2,1-4H3,(H,24,26). The van der Waals surface area contributed by atoms with Crippen LogP contribution in [0, 0.1) is 6.92 Å². The first-order valence-corrected chi connectivity index (χ1v) is 8.95. The highest BCUT2D eigenvalue weighted by Gasteiger charge is 2.43. The van der Waals surface area contributed by atoms with Gasteiger partial charge in [0, 0.05) is 25.0 Å². The van der Waals surface area contributed by atoms with Crippen molar-refractivity contribution in [2.24, 2.45) is 0 Å². The van der Waals surface area contributed by atoms with Gasteiger partial charge in [0.05, 0.1) is 28.9 Å². The van der Waals surface area contributed by atoms with Crippen molar-refractivity contribution in [2.75, 3.05) is 11.9 Å². The molecule has 1 atom stereocenters. The highest BCUT2D eigenvalue weighted by Crippen LogP contribution is 2.44. The van der Waals surface area contributed by atoms with E-state index in [0.717, 1.165) is 12.8 Å². The number of carbonyl (C=O) groups excluding carboxylic acids is 1. The third-order valence-corrected chi connectivity index (χ3v) is 5.35. The molecule has 0 radical (unpaired) electrons. The normalized spacial score (nSPS) is 16.1. The molecule has 140 valence electrons. The zero-order chi connectivity index (χ0) is 19.2. The Morgan fingerprint density at radius 1 is 1.30 bits per heavy atom.